The molecule has 0 unspecified atom stereocenters. The van der Waals surface area contributed by atoms with E-state index in [1.54, 1.807) is 0 Å². The minimum Gasteiger partial charge on any atom is -0.490 e. The maximum Gasteiger partial charge on any atom is 0.161 e. The minimum absolute atomic E-state index is 0.736. The number of benzene rings is 3. The Labute approximate surface area is 309 Å². The molecule has 3 aromatic carbocycles. The summed E-state index contributed by atoms with van der Waals surface area (Å²) in [4.78, 5) is 0. The van der Waals surface area contributed by atoms with Gasteiger partial charge in [0.1, 0.15) is 0 Å². The van der Waals surface area contributed by atoms with Crippen LogP contribution in [0.15, 0.2) is 60.7 Å². The first-order valence-corrected chi connectivity index (χ1v) is 20.7. The lowest BCUT2D eigenvalue weighted by molar-refractivity contribution is 0.258. The minimum atomic E-state index is 0.736. The van der Waals surface area contributed by atoms with Crippen molar-refractivity contribution in [2.75, 3.05) is 13.2 Å². The summed E-state index contributed by atoms with van der Waals surface area (Å²) in [5.41, 5.74) is 4.81. The predicted molar refractivity (Wildman–Crippen MR) is 217 cm³/mol. The van der Waals surface area contributed by atoms with Gasteiger partial charge in [-0.15, -0.1) is 0 Å². The zero-order valence-electron chi connectivity index (χ0n) is 28.9. The predicted octanol–water partition coefficient (Wildman–Crippen LogP) is 14.8. The van der Waals surface area contributed by atoms with Crippen LogP contribution in [0.3, 0.4) is 0 Å². The molecule has 0 spiro atoms. The van der Waals surface area contributed by atoms with Crippen molar-refractivity contribution >= 4 is 45.2 Å². The van der Waals surface area contributed by atoms with Gasteiger partial charge < -0.3 is 9.47 Å². The summed E-state index contributed by atoms with van der Waals surface area (Å²) in [7, 11) is 0. The van der Waals surface area contributed by atoms with Gasteiger partial charge in [-0.05, 0) is 117 Å². The van der Waals surface area contributed by atoms with E-state index in [1.165, 1.54) is 145 Å². The molecule has 0 fully saturated rings. The lowest BCUT2D eigenvalue weighted by Gasteiger charge is -2.19. The SMILES string of the molecule is CCCCCCCCCCCCOc1cc(-c2ccc(I)cc2)c(-c2ccc(I)cc2)cc1OCCCCCCCCCCCC. The van der Waals surface area contributed by atoms with Crippen LogP contribution in [0.25, 0.3) is 22.3 Å². The second-order valence-electron chi connectivity index (χ2n) is 12.9. The van der Waals surface area contributed by atoms with E-state index in [0.29, 0.717) is 0 Å². The number of hydrogen-bond acceptors (Lipinski definition) is 2. The van der Waals surface area contributed by atoms with Gasteiger partial charge in [-0.2, -0.15) is 0 Å². The van der Waals surface area contributed by atoms with E-state index in [0.717, 1.165) is 37.6 Å². The Morgan fingerprint density at radius 2 is 0.674 bits per heavy atom. The number of unbranched alkanes of at least 4 members (excludes halogenated alkanes) is 18. The molecule has 0 aromatic heterocycles. The molecular weight excluding hydrogens is 790 g/mol. The van der Waals surface area contributed by atoms with Gasteiger partial charge in [0.2, 0.25) is 0 Å². The number of hydrogen-bond donors (Lipinski definition) is 0. The maximum absolute atomic E-state index is 6.53. The maximum atomic E-state index is 6.53. The third kappa shape index (κ3) is 15.7. The van der Waals surface area contributed by atoms with Crippen LogP contribution < -0.4 is 9.47 Å². The van der Waals surface area contributed by atoms with Crippen LogP contribution >= 0.6 is 45.2 Å². The van der Waals surface area contributed by atoms with E-state index >= 15 is 0 Å². The Kier molecular flexibility index (Phi) is 21.1. The second-order valence-corrected chi connectivity index (χ2v) is 15.4. The molecule has 2 nitrogen and oxygen atoms in total. The smallest absolute Gasteiger partial charge is 0.161 e. The summed E-state index contributed by atoms with van der Waals surface area (Å²) in [6.07, 6.45) is 26.5. The highest BCUT2D eigenvalue weighted by Gasteiger charge is 2.16. The van der Waals surface area contributed by atoms with E-state index in [9.17, 15) is 0 Å². The third-order valence-corrected chi connectivity index (χ3v) is 10.3. The van der Waals surface area contributed by atoms with Crippen molar-refractivity contribution in [2.45, 2.75) is 142 Å². The first-order chi connectivity index (χ1) is 22.6. The highest BCUT2D eigenvalue weighted by Crippen LogP contribution is 2.41. The highest BCUT2D eigenvalue weighted by atomic mass is 127. The van der Waals surface area contributed by atoms with E-state index in [4.69, 9.17) is 9.47 Å². The number of halogens is 2. The lowest BCUT2D eigenvalue weighted by atomic mass is 9.94. The normalized spacial score (nSPS) is 11.2. The lowest BCUT2D eigenvalue weighted by Crippen LogP contribution is -2.04. The fraction of sp³-hybridized carbons (Fsp3) is 0.571. The van der Waals surface area contributed by atoms with Gasteiger partial charge in [-0.1, -0.05) is 154 Å². The molecule has 0 N–H and O–H groups in total. The molecule has 46 heavy (non-hydrogen) atoms. The zero-order valence-corrected chi connectivity index (χ0v) is 33.2. The molecule has 0 bridgehead atoms. The van der Waals surface area contributed by atoms with Crippen LogP contribution in [0.2, 0.25) is 0 Å². The van der Waals surface area contributed by atoms with E-state index < -0.39 is 0 Å². The Balaban J connectivity index is 1.63. The standard InChI is InChI=1S/C42H60I2O2/c1-3-5-7-9-11-13-15-17-19-21-31-45-41-33-39(35-23-27-37(43)28-24-35)40(36-25-29-38(44)30-26-36)34-42(41)46-32-22-20-18-16-14-12-10-8-6-4-2/h23-30,33-34H,3-22,31-32H2,1-2H3. The molecule has 0 saturated heterocycles. The van der Waals surface area contributed by atoms with Crippen LogP contribution in [-0.4, -0.2) is 13.2 Å². The molecule has 0 heterocycles. The number of rotatable bonds is 26. The van der Waals surface area contributed by atoms with Crippen molar-refractivity contribution in [3.8, 4) is 33.8 Å². The van der Waals surface area contributed by atoms with E-state index in [2.05, 4.69) is 120 Å². The summed E-state index contributed by atoms with van der Waals surface area (Å²) >= 11 is 4.77. The van der Waals surface area contributed by atoms with Crippen molar-refractivity contribution in [1.82, 2.24) is 0 Å². The first kappa shape index (κ1) is 39.2. The van der Waals surface area contributed by atoms with Gasteiger partial charge in [-0.3, -0.25) is 0 Å². The molecule has 254 valence electrons. The zero-order chi connectivity index (χ0) is 32.7. The molecule has 4 heteroatoms. The molecular formula is C42H60I2O2. The first-order valence-electron chi connectivity index (χ1n) is 18.6. The Hall–Kier alpha value is -1.28. The Bertz CT molecular complexity index is 1100. The molecule has 0 aliphatic rings. The molecule has 0 aliphatic heterocycles. The summed E-state index contributed by atoms with van der Waals surface area (Å²) in [5, 5.41) is 0. The summed E-state index contributed by atoms with van der Waals surface area (Å²) in [6.45, 7) is 6.05. The average molecular weight is 851 g/mol. The van der Waals surface area contributed by atoms with Crippen molar-refractivity contribution in [2.24, 2.45) is 0 Å². The van der Waals surface area contributed by atoms with Crippen LogP contribution in [0.4, 0.5) is 0 Å². The molecule has 0 aliphatic carbocycles. The Morgan fingerprint density at radius 3 is 0.978 bits per heavy atom. The molecule has 0 saturated carbocycles. The van der Waals surface area contributed by atoms with E-state index in [-0.39, 0.29) is 0 Å². The largest absolute Gasteiger partial charge is 0.490 e. The molecule has 3 aromatic rings. The van der Waals surface area contributed by atoms with Crippen LogP contribution in [0.1, 0.15) is 142 Å². The van der Waals surface area contributed by atoms with Gasteiger partial charge in [0.15, 0.2) is 11.5 Å². The fourth-order valence-electron chi connectivity index (χ4n) is 6.07. The monoisotopic (exact) mass is 850 g/mol. The highest BCUT2D eigenvalue weighted by molar-refractivity contribution is 14.1. The second kappa shape index (κ2) is 24.8. The van der Waals surface area contributed by atoms with Crippen LogP contribution in [0.5, 0.6) is 11.5 Å². The van der Waals surface area contributed by atoms with Gasteiger partial charge >= 0.3 is 0 Å². The fourth-order valence-corrected chi connectivity index (χ4v) is 6.78. The van der Waals surface area contributed by atoms with Crippen molar-refractivity contribution in [1.29, 1.82) is 0 Å². The van der Waals surface area contributed by atoms with Gasteiger partial charge in [-0.25, -0.2) is 0 Å². The third-order valence-electron chi connectivity index (χ3n) is 8.91. The average Bonchev–Trinajstić information content (AvgIpc) is 3.07. The topological polar surface area (TPSA) is 18.5 Å². The van der Waals surface area contributed by atoms with Gasteiger partial charge in [0.25, 0.3) is 0 Å². The summed E-state index contributed by atoms with van der Waals surface area (Å²) in [6, 6.07) is 22.1. The molecule has 0 radical (unpaired) electrons. The van der Waals surface area contributed by atoms with Crippen LogP contribution in [-0.2, 0) is 0 Å². The van der Waals surface area contributed by atoms with Crippen LogP contribution in [0, 0.1) is 7.14 Å². The van der Waals surface area contributed by atoms with Gasteiger partial charge in [0, 0.05) is 7.14 Å². The summed E-state index contributed by atoms with van der Waals surface area (Å²) < 4.78 is 15.5. The van der Waals surface area contributed by atoms with Gasteiger partial charge in [0.05, 0.1) is 13.2 Å². The van der Waals surface area contributed by atoms with Crippen molar-refractivity contribution in [3.63, 3.8) is 0 Å². The quantitative estimate of drug-likeness (QED) is 0.0592. The van der Waals surface area contributed by atoms with Crippen molar-refractivity contribution < 1.29 is 9.47 Å². The molecule has 0 atom stereocenters. The summed E-state index contributed by atoms with van der Waals surface area (Å²) in [5.74, 6) is 1.76. The van der Waals surface area contributed by atoms with E-state index in [1.807, 2.05) is 0 Å². The number of ether oxygens (including phenoxy) is 2. The molecule has 3 rings (SSSR count). The Morgan fingerprint density at radius 1 is 0.391 bits per heavy atom. The van der Waals surface area contributed by atoms with Crippen molar-refractivity contribution in [3.05, 3.63) is 67.8 Å². The molecule has 0 amide bonds.